The van der Waals surface area contributed by atoms with E-state index in [0.29, 0.717) is 0 Å². The van der Waals surface area contributed by atoms with Gasteiger partial charge in [0.2, 0.25) is 0 Å². The molecule has 0 saturated heterocycles. The van der Waals surface area contributed by atoms with E-state index in [2.05, 4.69) is 0 Å². The van der Waals surface area contributed by atoms with E-state index in [-0.39, 0.29) is 30.1 Å². The number of hydrogen-bond donors (Lipinski definition) is 2. The molecule has 2 N–H and O–H groups in total. The van der Waals surface area contributed by atoms with Crippen LogP contribution in [0.2, 0.25) is 0 Å². The van der Waals surface area contributed by atoms with E-state index in [1.165, 1.54) is 0 Å². The highest BCUT2D eigenvalue weighted by Gasteiger charge is 2.05. The van der Waals surface area contributed by atoms with E-state index in [1.807, 2.05) is 0 Å². The van der Waals surface area contributed by atoms with Crippen molar-refractivity contribution in [2.45, 2.75) is 12.8 Å². The summed E-state index contributed by atoms with van der Waals surface area (Å²) in [7, 11) is 0. The van der Waals surface area contributed by atoms with Crippen LogP contribution in [0.25, 0.3) is 0 Å². The van der Waals surface area contributed by atoms with Gasteiger partial charge in [0.15, 0.2) is 22.2 Å². The van der Waals surface area contributed by atoms with Gasteiger partial charge in [-0.05, 0) is 0 Å². The fraction of sp³-hybridized carbons (Fsp3) is 0.800. The van der Waals surface area contributed by atoms with E-state index in [1.54, 1.807) is 0 Å². The molecule has 0 bridgehead atoms. The van der Waals surface area contributed by atoms with Crippen molar-refractivity contribution >= 4 is 27.9 Å². The standard InChI is InChI=1S/C5H10O5S2/c6-5(1-3-11(7)8)2-4-12(9)10/h1-4H2,(H,7,8)(H,9,10). The number of hydrogen-bond acceptors (Lipinski definition) is 3. The van der Waals surface area contributed by atoms with Gasteiger partial charge < -0.3 is 9.11 Å². The third-order valence-electron chi connectivity index (χ3n) is 1.11. The summed E-state index contributed by atoms with van der Waals surface area (Å²) >= 11 is -3.92. The van der Waals surface area contributed by atoms with Crippen molar-refractivity contribution < 1.29 is 22.3 Å². The Labute approximate surface area is 75.1 Å². The first kappa shape index (κ1) is 11.9. The highest BCUT2D eigenvalue weighted by Crippen LogP contribution is 1.93. The summed E-state index contributed by atoms with van der Waals surface area (Å²) in [5, 5.41) is 0. The molecule has 0 saturated carbocycles. The Hall–Kier alpha value is -0.110. The minimum Gasteiger partial charge on any atom is -0.306 e. The summed E-state index contributed by atoms with van der Waals surface area (Å²) in [6.45, 7) is 0. The van der Waals surface area contributed by atoms with Crippen LogP contribution >= 0.6 is 0 Å². The highest BCUT2D eigenvalue weighted by atomic mass is 32.2. The Bertz CT molecular complexity index is 182. The van der Waals surface area contributed by atoms with Crippen LogP contribution in [0.5, 0.6) is 0 Å². The van der Waals surface area contributed by atoms with Crippen molar-refractivity contribution in [3.8, 4) is 0 Å². The monoisotopic (exact) mass is 214 g/mol. The molecule has 0 amide bonds. The molecule has 7 heteroatoms. The number of carbonyl (C=O) groups excluding carboxylic acids is 1. The van der Waals surface area contributed by atoms with Crippen molar-refractivity contribution in [1.29, 1.82) is 0 Å². The van der Waals surface area contributed by atoms with Crippen molar-refractivity contribution in [3.05, 3.63) is 0 Å². The minimum atomic E-state index is -1.96. The Kier molecular flexibility index (Phi) is 6.35. The van der Waals surface area contributed by atoms with E-state index in [9.17, 15) is 13.2 Å². The van der Waals surface area contributed by atoms with Crippen molar-refractivity contribution in [2.75, 3.05) is 11.5 Å². The Balaban J connectivity index is 3.47. The van der Waals surface area contributed by atoms with Gasteiger partial charge >= 0.3 is 0 Å². The van der Waals surface area contributed by atoms with Gasteiger partial charge in [0.25, 0.3) is 0 Å². The molecule has 0 aromatic carbocycles. The van der Waals surface area contributed by atoms with E-state index in [4.69, 9.17) is 9.11 Å². The zero-order valence-corrected chi connectivity index (χ0v) is 7.90. The smallest absolute Gasteiger partial charge is 0.153 e. The van der Waals surface area contributed by atoms with Crippen LogP contribution in [-0.2, 0) is 27.0 Å². The molecule has 12 heavy (non-hydrogen) atoms. The Morgan fingerprint density at radius 2 is 1.33 bits per heavy atom. The molecule has 0 rings (SSSR count). The van der Waals surface area contributed by atoms with Crippen LogP contribution in [0.15, 0.2) is 0 Å². The number of ketones is 1. The Morgan fingerprint density at radius 3 is 1.58 bits per heavy atom. The second-order valence-corrected chi connectivity index (χ2v) is 4.19. The molecule has 0 spiro atoms. The van der Waals surface area contributed by atoms with Gasteiger partial charge in [0.05, 0.1) is 11.5 Å². The second kappa shape index (κ2) is 6.41. The lowest BCUT2D eigenvalue weighted by atomic mass is 10.2. The molecule has 0 aliphatic carbocycles. The number of carbonyl (C=O) groups is 1. The fourth-order valence-electron chi connectivity index (χ4n) is 0.527. The van der Waals surface area contributed by atoms with Gasteiger partial charge in [-0.15, -0.1) is 0 Å². The second-order valence-electron chi connectivity index (χ2n) is 2.09. The predicted octanol–water partition coefficient (Wildman–Crippen LogP) is -0.221. The van der Waals surface area contributed by atoms with Crippen LogP contribution in [0.4, 0.5) is 0 Å². The maximum Gasteiger partial charge on any atom is 0.153 e. The summed E-state index contributed by atoms with van der Waals surface area (Å²) in [4.78, 5) is 10.8. The molecular formula is C5H10O5S2. The van der Waals surface area contributed by atoms with Gasteiger partial charge in [-0.3, -0.25) is 4.79 Å². The van der Waals surface area contributed by atoms with Gasteiger partial charge in [0, 0.05) is 12.8 Å². The van der Waals surface area contributed by atoms with Crippen LogP contribution in [-0.4, -0.2) is 34.8 Å². The molecule has 2 atom stereocenters. The van der Waals surface area contributed by atoms with Gasteiger partial charge in [-0.2, -0.15) is 0 Å². The predicted molar refractivity (Wildman–Crippen MR) is 45.5 cm³/mol. The van der Waals surface area contributed by atoms with E-state index in [0.717, 1.165) is 0 Å². The molecule has 5 nitrogen and oxygen atoms in total. The minimum absolute atomic E-state index is 0.0136. The zero-order chi connectivity index (χ0) is 9.56. The van der Waals surface area contributed by atoms with Crippen LogP contribution < -0.4 is 0 Å². The SMILES string of the molecule is O=C(CCS(=O)O)CCS(=O)O. The van der Waals surface area contributed by atoms with Crippen LogP contribution in [0, 0.1) is 0 Å². The topological polar surface area (TPSA) is 91.7 Å². The largest absolute Gasteiger partial charge is 0.306 e. The van der Waals surface area contributed by atoms with Gasteiger partial charge in [0.1, 0.15) is 5.78 Å². The first-order valence-electron chi connectivity index (χ1n) is 3.19. The quantitative estimate of drug-likeness (QED) is 0.596. The van der Waals surface area contributed by atoms with E-state index >= 15 is 0 Å². The summed E-state index contributed by atoms with van der Waals surface area (Å²) < 4.78 is 36.8. The summed E-state index contributed by atoms with van der Waals surface area (Å²) in [5.41, 5.74) is 0. The maximum absolute atomic E-state index is 10.8. The molecule has 72 valence electrons. The van der Waals surface area contributed by atoms with E-state index < -0.39 is 22.2 Å². The highest BCUT2D eigenvalue weighted by molar-refractivity contribution is 7.79. The molecule has 0 aromatic rings. The van der Waals surface area contributed by atoms with Crippen LogP contribution in [0.3, 0.4) is 0 Å². The molecular weight excluding hydrogens is 204 g/mol. The normalized spacial score (nSPS) is 15.5. The lowest BCUT2D eigenvalue weighted by molar-refractivity contribution is -0.118. The fourth-order valence-corrected chi connectivity index (χ4v) is 1.33. The molecule has 0 fully saturated rings. The van der Waals surface area contributed by atoms with Crippen LogP contribution in [0.1, 0.15) is 12.8 Å². The average molecular weight is 214 g/mol. The summed E-state index contributed by atoms with van der Waals surface area (Å²) in [5.74, 6) is -0.465. The van der Waals surface area contributed by atoms with Gasteiger partial charge in [-0.1, -0.05) is 0 Å². The molecule has 0 aliphatic rings. The molecule has 2 unspecified atom stereocenters. The third kappa shape index (κ3) is 7.99. The number of rotatable bonds is 6. The summed E-state index contributed by atoms with van der Waals surface area (Å²) in [6.07, 6.45) is -0.0272. The average Bonchev–Trinajstić information content (AvgIpc) is 1.96. The first-order chi connectivity index (χ1) is 5.52. The molecule has 0 radical (unpaired) electrons. The lowest BCUT2D eigenvalue weighted by Crippen LogP contribution is -2.08. The van der Waals surface area contributed by atoms with Crippen molar-refractivity contribution in [1.82, 2.24) is 0 Å². The zero-order valence-electron chi connectivity index (χ0n) is 6.26. The van der Waals surface area contributed by atoms with Gasteiger partial charge in [-0.25, -0.2) is 8.42 Å². The Morgan fingerprint density at radius 1 is 1.00 bits per heavy atom. The lowest BCUT2D eigenvalue weighted by Gasteiger charge is -1.95. The van der Waals surface area contributed by atoms with Crippen molar-refractivity contribution in [3.63, 3.8) is 0 Å². The molecule has 0 aliphatic heterocycles. The molecule has 0 aromatic heterocycles. The maximum atomic E-state index is 10.8. The first-order valence-corrected chi connectivity index (χ1v) is 5.74. The molecule has 0 heterocycles. The summed E-state index contributed by atoms with van der Waals surface area (Å²) in [6, 6.07) is 0. The third-order valence-corrected chi connectivity index (χ3v) is 2.22. The van der Waals surface area contributed by atoms with Crippen molar-refractivity contribution in [2.24, 2.45) is 0 Å². The number of Topliss-reactive ketones (excluding diaryl/α,β-unsaturated/α-hetero) is 1.